The molecule has 4 nitrogen and oxygen atoms in total. The lowest BCUT2D eigenvalue weighted by atomic mass is 10.3. The lowest BCUT2D eigenvalue weighted by Gasteiger charge is -2.15. The van der Waals surface area contributed by atoms with Crippen LogP contribution in [0.3, 0.4) is 0 Å². The summed E-state index contributed by atoms with van der Waals surface area (Å²) >= 11 is 11.9. The zero-order valence-corrected chi connectivity index (χ0v) is 11.3. The Morgan fingerprint density at radius 3 is 2.94 bits per heavy atom. The van der Waals surface area contributed by atoms with E-state index in [-0.39, 0.29) is 11.9 Å². The number of hydrogen-bond donors (Lipinski definition) is 2. The molecule has 0 saturated carbocycles. The van der Waals surface area contributed by atoms with E-state index in [2.05, 4.69) is 5.32 Å². The van der Waals surface area contributed by atoms with Crippen molar-refractivity contribution in [1.82, 2.24) is 4.90 Å². The Hall–Kier alpha value is -0.810. The van der Waals surface area contributed by atoms with Crippen molar-refractivity contribution in [3.05, 3.63) is 28.2 Å². The van der Waals surface area contributed by atoms with Crippen LogP contribution in [-0.2, 0) is 4.79 Å². The van der Waals surface area contributed by atoms with Gasteiger partial charge in [-0.1, -0.05) is 29.3 Å². The lowest BCUT2D eigenvalue weighted by molar-refractivity contribution is -0.117. The smallest absolute Gasteiger partial charge is 0.238 e. The van der Waals surface area contributed by atoms with Gasteiger partial charge in [0.2, 0.25) is 5.91 Å². The van der Waals surface area contributed by atoms with Crippen LogP contribution in [0.1, 0.15) is 6.42 Å². The van der Waals surface area contributed by atoms with Gasteiger partial charge in [-0.05, 0) is 18.6 Å². The van der Waals surface area contributed by atoms with Gasteiger partial charge in [0.25, 0.3) is 0 Å². The van der Waals surface area contributed by atoms with Crippen LogP contribution in [0.2, 0.25) is 10.0 Å². The first-order chi connectivity index (χ1) is 8.56. The third-order valence-corrected chi connectivity index (χ3v) is 3.72. The molecule has 6 heteroatoms. The maximum atomic E-state index is 11.8. The van der Waals surface area contributed by atoms with E-state index in [0.717, 1.165) is 19.5 Å². The van der Waals surface area contributed by atoms with Crippen molar-refractivity contribution in [1.29, 1.82) is 0 Å². The molecule has 0 aliphatic carbocycles. The summed E-state index contributed by atoms with van der Waals surface area (Å²) < 4.78 is 0. The summed E-state index contributed by atoms with van der Waals surface area (Å²) in [6.07, 6.45) is 0.936. The molecule has 0 aromatic heterocycles. The number of hydrogen-bond acceptors (Lipinski definition) is 3. The molecule has 1 aromatic rings. The fraction of sp³-hybridized carbons (Fsp3) is 0.417. The summed E-state index contributed by atoms with van der Waals surface area (Å²) in [5.74, 6) is -0.103. The molecule has 0 spiro atoms. The average Bonchev–Trinajstić information content (AvgIpc) is 2.70. The van der Waals surface area contributed by atoms with Crippen molar-refractivity contribution in [2.24, 2.45) is 5.73 Å². The SMILES string of the molecule is N[C@@H]1CCN(CC(=O)Nc2cccc(Cl)c2Cl)C1. The van der Waals surface area contributed by atoms with Gasteiger partial charge in [-0.15, -0.1) is 0 Å². The lowest BCUT2D eigenvalue weighted by Crippen LogP contribution is -2.33. The van der Waals surface area contributed by atoms with Crippen molar-refractivity contribution < 1.29 is 4.79 Å². The molecular formula is C12H15Cl2N3O. The molecule has 3 N–H and O–H groups in total. The molecule has 2 rings (SSSR count). The first-order valence-electron chi connectivity index (χ1n) is 5.78. The number of benzene rings is 1. The molecule has 1 fully saturated rings. The Labute approximate surface area is 116 Å². The van der Waals surface area contributed by atoms with Crippen LogP contribution in [0.5, 0.6) is 0 Å². The highest BCUT2D eigenvalue weighted by atomic mass is 35.5. The van der Waals surface area contributed by atoms with Crippen molar-refractivity contribution in [2.75, 3.05) is 25.0 Å². The number of anilines is 1. The number of nitrogens with one attached hydrogen (secondary N) is 1. The van der Waals surface area contributed by atoms with Crippen LogP contribution in [0.15, 0.2) is 18.2 Å². The standard InChI is InChI=1S/C12H15Cl2N3O/c13-9-2-1-3-10(12(9)14)16-11(18)7-17-5-4-8(15)6-17/h1-3,8H,4-7,15H2,(H,16,18)/t8-/m1/s1. The Bertz CT molecular complexity index is 453. The first-order valence-corrected chi connectivity index (χ1v) is 6.53. The molecular weight excluding hydrogens is 273 g/mol. The van der Waals surface area contributed by atoms with E-state index < -0.39 is 0 Å². The summed E-state index contributed by atoms with van der Waals surface area (Å²) in [7, 11) is 0. The van der Waals surface area contributed by atoms with E-state index in [4.69, 9.17) is 28.9 Å². The summed E-state index contributed by atoms with van der Waals surface area (Å²) in [6.45, 7) is 1.95. The van der Waals surface area contributed by atoms with Gasteiger partial charge in [0.1, 0.15) is 0 Å². The Kier molecular flexibility index (Phi) is 4.45. The largest absolute Gasteiger partial charge is 0.326 e. The predicted molar refractivity (Wildman–Crippen MR) is 74.1 cm³/mol. The molecule has 1 saturated heterocycles. The molecule has 1 aliphatic rings. The highest BCUT2D eigenvalue weighted by Crippen LogP contribution is 2.29. The van der Waals surface area contributed by atoms with Gasteiger partial charge < -0.3 is 11.1 Å². The van der Waals surface area contributed by atoms with Gasteiger partial charge >= 0.3 is 0 Å². The molecule has 1 amide bonds. The van der Waals surface area contributed by atoms with E-state index in [1.54, 1.807) is 18.2 Å². The monoisotopic (exact) mass is 287 g/mol. The molecule has 0 radical (unpaired) electrons. The second-order valence-corrected chi connectivity index (χ2v) is 5.22. The van der Waals surface area contributed by atoms with Gasteiger partial charge in [0.15, 0.2) is 0 Å². The zero-order chi connectivity index (χ0) is 13.1. The average molecular weight is 288 g/mol. The quantitative estimate of drug-likeness (QED) is 0.894. The Balaban J connectivity index is 1.93. The van der Waals surface area contributed by atoms with Gasteiger partial charge in [0.05, 0.1) is 22.3 Å². The van der Waals surface area contributed by atoms with E-state index in [9.17, 15) is 4.79 Å². The number of nitrogens with two attached hydrogens (primary N) is 1. The van der Waals surface area contributed by atoms with E-state index in [1.807, 2.05) is 4.90 Å². The van der Waals surface area contributed by atoms with Crippen LogP contribution in [0.4, 0.5) is 5.69 Å². The highest BCUT2D eigenvalue weighted by molar-refractivity contribution is 6.43. The number of carbonyl (C=O) groups is 1. The van der Waals surface area contributed by atoms with E-state index in [0.29, 0.717) is 22.3 Å². The Morgan fingerprint density at radius 2 is 2.28 bits per heavy atom. The molecule has 1 aromatic carbocycles. The minimum Gasteiger partial charge on any atom is -0.326 e. The van der Waals surface area contributed by atoms with E-state index >= 15 is 0 Å². The van der Waals surface area contributed by atoms with Crippen molar-refractivity contribution in [2.45, 2.75) is 12.5 Å². The van der Waals surface area contributed by atoms with Gasteiger partial charge in [-0.2, -0.15) is 0 Å². The fourth-order valence-electron chi connectivity index (χ4n) is 2.00. The van der Waals surface area contributed by atoms with Crippen LogP contribution in [-0.4, -0.2) is 36.5 Å². The maximum Gasteiger partial charge on any atom is 0.238 e. The summed E-state index contributed by atoms with van der Waals surface area (Å²) in [4.78, 5) is 13.9. The molecule has 0 bridgehead atoms. The molecule has 1 atom stereocenters. The van der Waals surface area contributed by atoms with Crippen LogP contribution in [0.25, 0.3) is 0 Å². The summed E-state index contributed by atoms with van der Waals surface area (Å²) in [5.41, 5.74) is 6.32. The number of amides is 1. The summed E-state index contributed by atoms with van der Waals surface area (Å²) in [6, 6.07) is 5.32. The minimum atomic E-state index is -0.103. The first kappa shape index (κ1) is 13.6. The third kappa shape index (κ3) is 3.36. The highest BCUT2D eigenvalue weighted by Gasteiger charge is 2.21. The van der Waals surface area contributed by atoms with E-state index in [1.165, 1.54) is 0 Å². The molecule has 1 heterocycles. The molecule has 0 unspecified atom stereocenters. The normalized spacial score (nSPS) is 20.1. The van der Waals surface area contributed by atoms with Crippen molar-refractivity contribution in [3.63, 3.8) is 0 Å². The zero-order valence-electron chi connectivity index (χ0n) is 9.83. The van der Waals surface area contributed by atoms with Gasteiger partial charge in [-0.25, -0.2) is 0 Å². The van der Waals surface area contributed by atoms with Crippen LogP contribution in [0, 0.1) is 0 Å². The molecule has 1 aliphatic heterocycles. The molecule has 98 valence electrons. The van der Waals surface area contributed by atoms with Crippen molar-refractivity contribution in [3.8, 4) is 0 Å². The van der Waals surface area contributed by atoms with Gasteiger partial charge in [-0.3, -0.25) is 9.69 Å². The second kappa shape index (κ2) is 5.89. The maximum absolute atomic E-state index is 11.8. The topological polar surface area (TPSA) is 58.4 Å². The third-order valence-electron chi connectivity index (χ3n) is 2.90. The predicted octanol–water partition coefficient (Wildman–Crippen LogP) is 1.96. The molecule has 18 heavy (non-hydrogen) atoms. The minimum absolute atomic E-state index is 0.103. The number of rotatable bonds is 3. The summed E-state index contributed by atoms with van der Waals surface area (Å²) in [5, 5.41) is 3.55. The number of nitrogens with zero attached hydrogens (tertiary/aromatic N) is 1. The number of halogens is 2. The van der Waals surface area contributed by atoms with Gasteiger partial charge in [0, 0.05) is 19.1 Å². The Morgan fingerprint density at radius 1 is 1.50 bits per heavy atom. The second-order valence-electron chi connectivity index (χ2n) is 4.43. The number of carbonyl (C=O) groups excluding carboxylic acids is 1. The van der Waals surface area contributed by atoms with Crippen molar-refractivity contribution >= 4 is 34.8 Å². The number of likely N-dealkylation sites (tertiary alicyclic amines) is 1. The van der Waals surface area contributed by atoms with Crippen LogP contribution >= 0.6 is 23.2 Å². The van der Waals surface area contributed by atoms with Crippen LogP contribution < -0.4 is 11.1 Å². The fourth-order valence-corrected chi connectivity index (χ4v) is 2.35.